The Morgan fingerprint density at radius 2 is 0.735 bits per heavy atom. The molecule has 1 aliphatic rings. The van der Waals surface area contributed by atoms with Gasteiger partial charge in [-0.25, -0.2) is 0 Å². The smallest absolute Gasteiger partial charge is 0.000696 e. The third-order valence-corrected chi connectivity index (χ3v) is 11.1. The van der Waals surface area contributed by atoms with Crippen LogP contribution < -0.4 is 0 Å². The molecular formula is C49H30. The maximum absolute atomic E-state index is 2.42. The fourth-order valence-electron chi connectivity index (χ4n) is 9.09. The molecule has 10 aromatic rings. The van der Waals surface area contributed by atoms with Crippen molar-refractivity contribution < 1.29 is 0 Å². The number of hydrogen-bond acceptors (Lipinski definition) is 0. The molecule has 0 nitrogen and oxygen atoms in total. The Labute approximate surface area is 284 Å². The van der Waals surface area contributed by atoms with Crippen LogP contribution in [-0.4, -0.2) is 0 Å². The predicted molar refractivity (Wildman–Crippen MR) is 211 cm³/mol. The summed E-state index contributed by atoms with van der Waals surface area (Å²) >= 11 is 0. The predicted octanol–water partition coefficient (Wildman–Crippen LogP) is 13.8. The fraction of sp³-hybridized carbons (Fsp3) is 0.0204. The Hall–Kier alpha value is -6.24. The molecule has 0 amide bonds. The second kappa shape index (κ2) is 9.89. The van der Waals surface area contributed by atoms with Crippen molar-refractivity contribution in [3.05, 3.63) is 169 Å². The molecule has 0 bridgehead atoms. The highest BCUT2D eigenvalue weighted by Crippen LogP contribution is 2.60. The molecule has 1 aliphatic carbocycles. The Morgan fingerprint density at radius 1 is 0.245 bits per heavy atom. The molecule has 10 aromatic carbocycles. The van der Waals surface area contributed by atoms with Gasteiger partial charge in [0.1, 0.15) is 0 Å². The number of fused-ring (bicyclic) bond motifs is 6. The van der Waals surface area contributed by atoms with E-state index in [9.17, 15) is 0 Å². The molecule has 0 heteroatoms. The Kier molecular flexibility index (Phi) is 5.41. The summed E-state index contributed by atoms with van der Waals surface area (Å²) in [6.45, 7) is 2.24. The van der Waals surface area contributed by atoms with Gasteiger partial charge in [0.15, 0.2) is 0 Å². The molecule has 0 saturated heterocycles. The highest BCUT2D eigenvalue weighted by Gasteiger charge is 2.32. The van der Waals surface area contributed by atoms with E-state index in [2.05, 4.69) is 171 Å². The van der Waals surface area contributed by atoms with E-state index in [4.69, 9.17) is 0 Å². The topological polar surface area (TPSA) is 0 Å². The highest BCUT2D eigenvalue weighted by atomic mass is 14.3. The molecule has 0 saturated carbocycles. The molecule has 11 rings (SSSR count). The molecule has 0 fully saturated rings. The van der Waals surface area contributed by atoms with Gasteiger partial charge in [-0.05, 0) is 122 Å². The van der Waals surface area contributed by atoms with Crippen LogP contribution in [0.5, 0.6) is 0 Å². The number of hydrogen-bond donors (Lipinski definition) is 0. The van der Waals surface area contributed by atoms with Crippen LogP contribution in [0.2, 0.25) is 0 Å². The van der Waals surface area contributed by atoms with Crippen molar-refractivity contribution in [2.45, 2.75) is 6.92 Å². The van der Waals surface area contributed by atoms with E-state index in [-0.39, 0.29) is 0 Å². The summed E-state index contributed by atoms with van der Waals surface area (Å²) in [5.41, 5.74) is 14.3. The minimum Gasteiger partial charge on any atom is -0.0622 e. The molecule has 226 valence electrons. The molecule has 0 aliphatic heterocycles. The highest BCUT2D eigenvalue weighted by molar-refractivity contribution is 6.41. The zero-order valence-electron chi connectivity index (χ0n) is 27.1. The van der Waals surface area contributed by atoms with Gasteiger partial charge in [0.2, 0.25) is 0 Å². The summed E-state index contributed by atoms with van der Waals surface area (Å²) in [7, 11) is 0. The van der Waals surface area contributed by atoms with Crippen LogP contribution in [0.3, 0.4) is 0 Å². The van der Waals surface area contributed by atoms with Crippen LogP contribution in [0.4, 0.5) is 0 Å². The molecule has 0 spiro atoms. The summed E-state index contributed by atoms with van der Waals surface area (Å²) in [5.74, 6) is 0. The van der Waals surface area contributed by atoms with Gasteiger partial charge in [0, 0.05) is 0 Å². The van der Waals surface area contributed by atoms with E-state index < -0.39 is 0 Å². The normalized spacial score (nSPS) is 12.2. The van der Waals surface area contributed by atoms with E-state index in [0.717, 1.165) is 0 Å². The van der Waals surface area contributed by atoms with Crippen molar-refractivity contribution in [1.29, 1.82) is 0 Å². The maximum Gasteiger partial charge on any atom is -0.000696 e. The summed E-state index contributed by atoms with van der Waals surface area (Å²) in [6, 6.07) is 61.0. The van der Waals surface area contributed by atoms with Crippen LogP contribution in [0.15, 0.2) is 164 Å². The largest absolute Gasteiger partial charge is 0.0622 e. The van der Waals surface area contributed by atoms with Crippen LogP contribution in [-0.2, 0) is 0 Å². The third-order valence-electron chi connectivity index (χ3n) is 11.1. The maximum atomic E-state index is 2.42. The van der Waals surface area contributed by atoms with Crippen LogP contribution in [0.1, 0.15) is 5.56 Å². The minimum absolute atomic E-state index is 1.24. The van der Waals surface area contributed by atoms with Gasteiger partial charge in [-0.15, -0.1) is 0 Å². The zero-order chi connectivity index (χ0) is 32.2. The van der Waals surface area contributed by atoms with Gasteiger partial charge in [0.25, 0.3) is 0 Å². The Balaban J connectivity index is 1.42. The molecule has 0 radical (unpaired) electrons. The average Bonchev–Trinajstić information content (AvgIpc) is 3.50. The van der Waals surface area contributed by atoms with E-state index >= 15 is 0 Å². The van der Waals surface area contributed by atoms with Gasteiger partial charge in [0.05, 0.1) is 0 Å². The monoisotopic (exact) mass is 618 g/mol. The quantitative estimate of drug-likeness (QED) is 0.136. The first-order valence-corrected chi connectivity index (χ1v) is 17.2. The Bertz CT molecular complexity index is 2910. The lowest BCUT2D eigenvalue weighted by Crippen LogP contribution is -1.94. The first-order chi connectivity index (χ1) is 24.3. The van der Waals surface area contributed by atoms with Crippen molar-refractivity contribution in [2.24, 2.45) is 0 Å². The lowest BCUT2D eigenvalue weighted by molar-refractivity contribution is 1.55. The van der Waals surface area contributed by atoms with Crippen molar-refractivity contribution in [3.8, 4) is 55.6 Å². The van der Waals surface area contributed by atoms with Crippen molar-refractivity contribution in [3.63, 3.8) is 0 Å². The summed E-state index contributed by atoms with van der Waals surface area (Å²) in [4.78, 5) is 0. The molecule has 0 heterocycles. The van der Waals surface area contributed by atoms with E-state index in [1.807, 2.05) is 0 Å². The van der Waals surface area contributed by atoms with Crippen LogP contribution in [0.25, 0.3) is 109 Å². The van der Waals surface area contributed by atoms with Crippen molar-refractivity contribution in [2.75, 3.05) is 0 Å². The van der Waals surface area contributed by atoms with Crippen LogP contribution >= 0.6 is 0 Å². The molecule has 0 aromatic heterocycles. The molecule has 0 unspecified atom stereocenters. The van der Waals surface area contributed by atoms with Gasteiger partial charge < -0.3 is 0 Å². The standard InChI is InChI=1S/C49H30/c1-29-23-24-39-43-33(29)19-11-20-36(43)37-21-12-22-38-42(32-17-9-4-10-18-32)47-40-27-25-34(30-13-5-2-6-14-30)44-35(31-15-7-3-8-16-31)26-28-41(46(40)44)49(47)48(39)45(37)38/h2-28H,1H3. The van der Waals surface area contributed by atoms with E-state index in [0.29, 0.717) is 0 Å². The molecular weight excluding hydrogens is 589 g/mol. The lowest BCUT2D eigenvalue weighted by Gasteiger charge is -2.22. The van der Waals surface area contributed by atoms with E-state index in [1.165, 1.54) is 115 Å². The first kappa shape index (κ1) is 26.8. The van der Waals surface area contributed by atoms with Gasteiger partial charge in [-0.1, -0.05) is 164 Å². The van der Waals surface area contributed by atoms with Gasteiger partial charge in [-0.3, -0.25) is 0 Å². The first-order valence-electron chi connectivity index (χ1n) is 17.2. The third kappa shape index (κ3) is 3.53. The number of aryl methyl sites for hydroxylation is 1. The lowest BCUT2D eigenvalue weighted by atomic mass is 9.80. The minimum atomic E-state index is 1.24. The molecule has 0 atom stereocenters. The van der Waals surface area contributed by atoms with Crippen LogP contribution in [0, 0.1) is 6.92 Å². The second-order valence-electron chi connectivity index (χ2n) is 13.6. The SMILES string of the molecule is Cc1ccc2c3c4c(c(-c5ccccc5)c5cccc(c6cccc1c62)c53)-c1ccc(-c2ccccc2)c2c(-c3ccccc3)ccc-4c12. The number of benzene rings is 10. The van der Waals surface area contributed by atoms with Crippen molar-refractivity contribution in [1.82, 2.24) is 0 Å². The van der Waals surface area contributed by atoms with Gasteiger partial charge >= 0.3 is 0 Å². The molecule has 0 N–H and O–H groups in total. The fourth-order valence-corrected chi connectivity index (χ4v) is 9.09. The van der Waals surface area contributed by atoms with Crippen molar-refractivity contribution >= 4 is 53.9 Å². The summed E-state index contributed by atoms with van der Waals surface area (Å²) in [6.07, 6.45) is 0. The second-order valence-corrected chi connectivity index (χ2v) is 13.6. The summed E-state index contributed by atoms with van der Waals surface area (Å²) in [5, 5.41) is 13.4. The Morgan fingerprint density at radius 3 is 1.37 bits per heavy atom. The number of rotatable bonds is 3. The zero-order valence-corrected chi connectivity index (χ0v) is 27.1. The molecule has 49 heavy (non-hydrogen) atoms. The summed E-state index contributed by atoms with van der Waals surface area (Å²) < 4.78 is 0. The van der Waals surface area contributed by atoms with Gasteiger partial charge in [-0.2, -0.15) is 0 Å². The average molecular weight is 619 g/mol. The van der Waals surface area contributed by atoms with E-state index in [1.54, 1.807) is 0 Å².